The van der Waals surface area contributed by atoms with Gasteiger partial charge in [0.1, 0.15) is 6.26 Å². The molecule has 0 radical (unpaired) electrons. The number of esters is 1. The molecule has 6 nitrogen and oxygen atoms in total. The van der Waals surface area contributed by atoms with E-state index < -0.39 is 12.1 Å². The SMILES string of the molecule is CCOC(=O)O/C=C1\N=C(c2ccccc2)OC1=O. The molecule has 0 aliphatic carbocycles. The molecule has 0 bridgehead atoms. The lowest BCUT2D eigenvalue weighted by Gasteiger charge is -1.97. The highest BCUT2D eigenvalue weighted by Gasteiger charge is 2.24. The number of carbonyl (C=O) groups excluding carboxylic acids is 2. The first-order chi connectivity index (χ1) is 9.20. The fraction of sp³-hybridized carbons (Fsp3) is 0.154. The van der Waals surface area contributed by atoms with E-state index in [0.29, 0.717) is 5.56 Å². The van der Waals surface area contributed by atoms with Gasteiger partial charge in [0.2, 0.25) is 5.90 Å². The van der Waals surface area contributed by atoms with Crippen molar-refractivity contribution >= 4 is 18.0 Å². The lowest BCUT2D eigenvalue weighted by Crippen LogP contribution is -2.06. The monoisotopic (exact) mass is 261 g/mol. The molecule has 0 amide bonds. The average molecular weight is 261 g/mol. The maximum atomic E-state index is 11.5. The Hall–Kier alpha value is -2.63. The third kappa shape index (κ3) is 3.19. The van der Waals surface area contributed by atoms with Gasteiger partial charge in [-0.1, -0.05) is 18.2 Å². The molecule has 1 aliphatic rings. The number of carbonyl (C=O) groups is 2. The fourth-order valence-electron chi connectivity index (χ4n) is 1.35. The second-order valence-electron chi connectivity index (χ2n) is 3.48. The standard InChI is InChI=1S/C13H11NO5/c1-2-17-13(16)18-8-10-12(15)19-11(14-10)9-6-4-3-5-7-9/h3-8H,2H2,1H3/b10-8-. The second kappa shape index (κ2) is 5.81. The van der Waals surface area contributed by atoms with Gasteiger partial charge >= 0.3 is 12.1 Å². The Labute approximate surface area is 109 Å². The number of hydrogen-bond donors (Lipinski definition) is 0. The summed E-state index contributed by atoms with van der Waals surface area (Å²) in [4.78, 5) is 26.4. The van der Waals surface area contributed by atoms with E-state index in [1.807, 2.05) is 6.07 Å². The molecule has 1 aromatic rings. The number of ether oxygens (including phenoxy) is 3. The molecule has 6 heteroatoms. The van der Waals surface area contributed by atoms with E-state index in [9.17, 15) is 9.59 Å². The van der Waals surface area contributed by atoms with Crippen molar-refractivity contribution in [3.63, 3.8) is 0 Å². The first-order valence-electron chi connectivity index (χ1n) is 5.60. The maximum Gasteiger partial charge on any atom is 0.513 e. The van der Waals surface area contributed by atoms with E-state index in [2.05, 4.69) is 14.5 Å². The average Bonchev–Trinajstić information content (AvgIpc) is 2.79. The van der Waals surface area contributed by atoms with Crippen molar-refractivity contribution in [2.24, 2.45) is 4.99 Å². The van der Waals surface area contributed by atoms with E-state index >= 15 is 0 Å². The van der Waals surface area contributed by atoms with Gasteiger partial charge in [-0.15, -0.1) is 0 Å². The second-order valence-corrected chi connectivity index (χ2v) is 3.48. The molecule has 0 aromatic heterocycles. The van der Waals surface area contributed by atoms with Gasteiger partial charge in [0, 0.05) is 5.56 Å². The van der Waals surface area contributed by atoms with Gasteiger partial charge in [-0.2, -0.15) is 0 Å². The Kier molecular flexibility index (Phi) is 3.92. The summed E-state index contributed by atoms with van der Waals surface area (Å²) < 4.78 is 14.1. The largest absolute Gasteiger partial charge is 0.513 e. The highest BCUT2D eigenvalue weighted by atomic mass is 16.7. The van der Waals surface area contributed by atoms with Crippen molar-refractivity contribution in [3.05, 3.63) is 47.9 Å². The van der Waals surface area contributed by atoms with Crippen molar-refractivity contribution < 1.29 is 23.8 Å². The fourth-order valence-corrected chi connectivity index (χ4v) is 1.35. The van der Waals surface area contributed by atoms with Crippen LogP contribution in [0.4, 0.5) is 4.79 Å². The first-order valence-corrected chi connectivity index (χ1v) is 5.60. The van der Waals surface area contributed by atoms with Crippen LogP contribution in [0.1, 0.15) is 12.5 Å². The number of aliphatic imine (C=N–C) groups is 1. The Bertz CT molecular complexity index is 547. The Morgan fingerprint density at radius 2 is 2.11 bits per heavy atom. The number of hydrogen-bond acceptors (Lipinski definition) is 6. The highest BCUT2D eigenvalue weighted by molar-refractivity contribution is 6.11. The van der Waals surface area contributed by atoms with Crippen LogP contribution in [-0.2, 0) is 19.0 Å². The van der Waals surface area contributed by atoms with Gasteiger partial charge in [0.05, 0.1) is 6.61 Å². The maximum absolute atomic E-state index is 11.5. The lowest BCUT2D eigenvalue weighted by atomic mass is 10.2. The molecule has 0 atom stereocenters. The molecule has 0 fully saturated rings. The minimum atomic E-state index is -0.897. The Morgan fingerprint density at radius 3 is 2.79 bits per heavy atom. The summed E-state index contributed by atoms with van der Waals surface area (Å²) in [5.41, 5.74) is 0.572. The number of rotatable bonds is 3. The molecule has 0 unspecified atom stereocenters. The Balaban J connectivity index is 2.11. The summed E-state index contributed by atoms with van der Waals surface area (Å²) in [7, 11) is 0. The number of benzene rings is 1. The van der Waals surface area contributed by atoms with Crippen molar-refractivity contribution in [1.29, 1.82) is 0 Å². The van der Waals surface area contributed by atoms with Crippen LogP contribution >= 0.6 is 0 Å². The van der Waals surface area contributed by atoms with E-state index in [0.717, 1.165) is 6.26 Å². The summed E-state index contributed by atoms with van der Waals surface area (Å²) in [5.74, 6) is -0.507. The molecular weight excluding hydrogens is 250 g/mol. The molecule has 19 heavy (non-hydrogen) atoms. The zero-order valence-electron chi connectivity index (χ0n) is 10.2. The van der Waals surface area contributed by atoms with Crippen LogP contribution in [-0.4, -0.2) is 24.6 Å². The molecule has 0 N–H and O–H groups in total. The van der Waals surface area contributed by atoms with Gasteiger partial charge in [0.25, 0.3) is 0 Å². The minimum Gasteiger partial charge on any atom is -0.434 e. The van der Waals surface area contributed by atoms with Crippen molar-refractivity contribution in [3.8, 4) is 0 Å². The van der Waals surface area contributed by atoms with Crippen LogP contribution < -0.4 is 0 Å². The number of nitrogens with zero attached hydrogens (tertiary/aromatic N) is 1. The van der Waals surface area contributed by atoms with Crippen LogP contribution in [0.15, 0.2) is 47.3 Å². The van der Waals surface area contributed by atoms with E-state index in [1.54, 1.807) is 31.2 Å². The van der Waals surface area contributed by atoms with Crippen molar-refractivity contribution in [2.75, 3.05) is 6.61 Å². The smallest absolute Gasteiger partial charge is 0.434 e. The third-order valence-corrected chi connectivity index (χ3v) is 2.17. The lowest BCUT2D eigenvalue weighted by molar-refractivity contribution is -0.130. The predicted molar refractivity (Wildman–Crippen MR) is 65.3 cm³/mol. The van der Waals surface area contributed by atoms with Crippen molar-refractivity contribution in [2.45, 2.75) is 6.92 Å². The Morgan fingerprint density at radius 1 is 1.37 bits per heavy atom. The molecular formula is C13H11NO5. The molecule has 2 rings (SSSR count). The summed E-state index contributed by atoms with van der Waals surface area (Å²) in [6.07, 6.45) is 0.0159. The first kappa shape index (κ1) is 12.8. The molecule has 1 aromatic carbocycles. The quantitative estimate of drug-likeness (QED) is 0.472. The molecule has 1 heterocycles. The zero-order chi connectivity index (χ0) is 13.7. The molecule has 0 saturated heterocycles. The van der Waals surface area contributed by atoms with Crippen LogP contribution in [0.5, 0.6) is 0 Å². The summed E-state index contributed by atoms with van der Waals surface area (Å²) in [6, 6.07) is 8.93. The van der Waals surface area contributed by atoms with Crippen molar-refractivity contribution in [1.82, 2.24) is 0 Å². The topological polar surface area (TPSA) is 74.2 Å². The molecule has 98 valence electrons. The van der Waals surface area contributed by atoms with Gasteiger partial charge in [-0.05, 0) is 19.1 Å². The third-order valence-electron chi connectivity index (χ3n) is 2.17. The summed E-state index contributed by atoms with van der Waals surface area (Å²) in [5, 5.41) is 0. The van der Waals surface area contributed by atoms with Gasteiger partial charge in [-0.25, -0.2) is 14.6 Å². The molecule has 1 aliphatic heterocycles. The van der Waals surface area contributed by atoms with Crippen LogP contribution in [0.3, 0.4) is 0 Å². The zero-order valence-corrected chi connectivity index (χ0v) is 10.2. The predicted octanol–water partition coefficient (Wildman–Crippen LogP) is 2.00. The van der Waals surface area contributed by atoms with E-state index in [4.69, 9.17) is 4.74 Å². The summed E-state index contributed by atoms with van der Waals surface area (Å²) >= 11 is 0. The van der Waals surface area contributed by atoms with Crippen LogP contribution in [0.2, 0.25) is 0 Å². The highest BCUT2D eigenvalue weighted by Crippen LogP contribution is 2.16. The van der Waals surface area contributed by atoms with Gasteiger partial charge in [-0.3, -0.25) is 0 Å². The summed E-state index contributed by atoms with van der Waals surface area (Å²) in [6.45, 7) is 1.83. The van der Waals surface area contributed by atoms with E-state index in [-0.39, 0.29) is 18.2 Å². The van der Waals surface area contributed by atoms with Gasteiger partial charge in [0.15, 0.2) is 5.70 Å². The molecule has 0 saturated carbocycles. The van der Waals surface area contributed by atoms with E-state index in [1.165, 1.54) is 0 Å². The number of cyclic esters (lactones) is 1. The van der Waals surface area contributed by atoms with Crippen LogP contribution in [0, 0.1) is 0 Å². The molecule has 0 spiro atoms. The van der Waals surface area contributed by atoms with Gasteiger partial charge < -0.3 is 14.2 Å². The minimum absolute atomic E-state index is 0.0908. The van der Waals surface area contributed by atoms with Crippen LogP contribution in [0.25, 0.3) is 0 Å². The normalized spacial score (nSPS) is 15.9.